The minimum absolute atomic E-state index is 0.0239. The molecular formula is C13H18N2O3S. The fraction of sp³-hybridized carbons (Fsp3) is 0.462. The summed E-state index contributed by atoms with van der Waals surface area (Å²) in [4.78, 5) is 22.0. The minimum atomic E-state index is -0.439. The first-order valence-corrected chi connectivity index (χ1v) is 6.91. The third-order valence-electron chi connectivity index (χ3n) is 2.30. The lowest BCUT2D eigenvalue weighted by Gasteiger charge is -2.16. The summed E-state index contributed by atoms with van der Waals surface area (Å²) < 4.78 is 0.0239. The summed E-state index contributed by atoms with van der Waals surface area (Å²) in [6, 6.07) is 6.41. The van der Waals surface area contributed by atoms with Gasteiger partial charge in [0.25, 0.3) is 5.69 Å². The van der Waals surface area contributed by atoms with Crippen molar-refractivity contribution in [3.8, 4) is 0 Å². The smallest absolute Gasteiger partial charge is 0.274 e. The number of rotatable bonds is 5. The first-order chi connectivity index (χ1) is 8.79. The van der Waals surface area contributed by atoms with Gasteiger partial charge in [-0.25, -0.2) is 0 Å². The summed E-state index contributed by atoms with van der Waals surface area (Å²) in [7, 11) is 0. The zero-order valence-electron chi connectivity index (χ0n) is 11.3. The number of nitrogens with zero attached hydrogens (tertiary/aromatic N) is 1. The van der Waals surface area contributed by atoms with Crippen molar-refractivity contribution in [2.24, 2.45) is 0 Å². The van der Waals surface area contributed by atoms with Crippen LogP contribution in [0, 0.1) is 10.1 Å². The Balaban J connectivity index is 2.53. The molecular weight excluding hydrogens is 264 g/mol. The van der Waals surface area contributed by atoms with E-state index in [0.717, 1.165) is 0 Å². The van der Waals surface area contributed by atoms with Gasteiger partial charge in [-0.15, -0.1) is 11.8 Å². The monoisotopic (exact) mass is 282 g/mol. The predicted molar refractivity (Wildman–Crippen MR) is 77.2 cm³/mol. The van der Waals surface area contributed by atoms with Gasteiger partial charge in [0, 0.05) is 22.9 Å². The number of carbonyl (C=O) groups excluding carboxylic acids is 1. The highest BCUT2D eigenvalue weighted by Crippen LogP contribution is 2.22. The largest absolute Gasteiger partial charge is 0.351 e. The first kappa shape index (κ1) is 15.5. The van der Waals surface area contributed by atoms with E-state index in [1.165, 1.54) is 6.07 Å². The third-order valence-corrected chi connectivity index (χ3v) is 3.57. The number of para-hydroxylation sites is 1. The molecule has 1 rings (SSSR count). The van der Waals surface area contributed by atoms with Crippen molar-refractivity contribution in [2.45, 2.75) is 32.1 Å². The Hall–Kier alpha value is -1.56. The van der Waals surface area contributed by atoms with Crippen LogP contribution in [0.2, 0.25) is 0 Å². The van der Waals surface area contributed by atoms with Gasteiger partial charge in [-0.3, -0.25) is 14.9 Å². The normalized spacial score (nSPS) is 11.1. The minimum Gasteiger partial charge on any atom is -0.351 e. The Kier molecular flexibility index (Phi) is 5.35. The SMILES string of the molecule is CC(C)(C)SCC(=O)NCc1ccccc1[N+](=O)[O-]. The van der Waals surface area contributed by atoms with Crippen molar-refractivity contribution < 1.29 is 9.72 Å². The Morgan fingerprint density at radius 1 is 1.37 bits per heavy atom. The second-order valence-corrected chi connectivity index (χ2v) is 6.87. The molecule has 0 fully saturated rings. The molecule has 19 heavy (non-hydrogen) atoms. The number of carbonyl (C=O) groups is 1. The molecule has 1 aromatic rings. The van der Waals surface area contributed by atoms with Crippen LogP contribution in [0.5, 0.6) is 0 Å². The fourth-order valence-corrected chi connectivity index (χ4v) is 2.03. The lowest BCUT2D eigenvalue weighted by molar-refractivity contribution is -0.385. The van der Waals surface area contributed by atoms with E-state index in [4.69, 9.17) is 0 Å². The van der Waals surface area contributed by atoms with Gasteiger partial charge in [0.2, 0.25) is 5.91 Å². The number of amides is 1. The van der Waals surface area contributed by atoms with Crippen LogP contribution < -0.4 is 5.32 Å². The summed E-state index contributed by atoms with van der Waals surface area (Å²) >= 11 is 1.54. The molecule has 1 amide bonds. The quantitative estimate of drug-likeness (QED) is 0.665. The Morgan fingerprint density at radius 3 is 2.58 bits per heavy atom. The van der Waals surface area contributed by atoms with Crippen molar-refractivity contribution in [1.29, 1.82) is 0 Å². The van der Waals surface area contributed by atoms with Crippen LogP contribution in [-0.2, 0) is 11.3 Å². The highest BCUT2D eigenvalue weighted by atomic mass is 32.2. The van der Waals surface area contributed by atoms with Crippen molar-refractivity contribution in [3.63, 3.8) is 0 Å². The van der Waals surface area contributed by atoms with Gasteiger partial charge < -0.3 is 5.32 Å². The van der Waals surface area contributed by atoms with E-state index >= 15 is 0 Å². The maximum Gasteiger partial charge on any atom is 0.274 e. The van der Waals surface area contributed by atoms with Gasteiger partial charge in [0.05, 0.1) is 10.7 Å². The lowest BCUT2D eigenvalue weighted by atomic mass is 10.2. The number of hydrogen-bond acceptors (Lipinski definition) is 4. The average Bonchev–Trinajstić information content (AvgIpc) is 2.33. The number of hydrogen-bond donors (Lipinski definition) is 1. The van der Waals surface area contributed by atoms with Crippen molar-refractivity contribution in [2.75, 3.05) is 5.75 Å². The molecule has 104 valence electrons. The highest BCUT2D eigenvalue weighted by molar-refractivity contribution is 8.01. The van der Waals surface area contributed by atoms with E-state index in [1.54, 1.807) is 30.0 Å². The van der Waals surface area contributed by atoms with Gasteiger partial charge >= 0.3 is 0 Å². The van der Waals surface area contributed by atoms with Crippen LogP contribution in [0.15, 0.2) is 24.3 Å². The molecule has 0 aliphatic heterocycles. The Bertz CT molecular complexity index is 469. The number of thioether (sulfide) groups is 1. The standard InChI is InChI=1S/C13H18N2O3S/c1-13(2,3)19-9-12(16)14-8-10-6-4-5-7-11(10)15(17)18/h4-7H,8-9H2,1-3H3,(H,14,16). The molecule has 0 atom stereocenters. The van der Waals surface area contributed by atoms with E-state index in [0.29, 0.717) is 11.3 Å². The summed E-state index contributed by atoms with van der Waals surface area (Å²) in [5.74, 6) is 0.238. The molecule has 0 aliphatic carbocycles. The fourth-order valence-electron chi connectivity index (χ4n) is 1.37. The topological polar surface area (TPSA) is 72.2 Å². The Morgan fingerprint density at radius 2 is 2.00 bits per heavy atom. The van der Waals surface area contributed by atoms with E-state index < -0.39 is 4.92 Å². The van der Waals surface area contributed by atoms with E-state index in [2.05, 4.69) is 5.32 Å². The molecule has 0 bridgehead atoms. The molecule has 0 aromatic heterocycles. The zero-order chi connectivity index (χ0) is 14.5. The second-order valence-electron chi connectivity index (χ2n) is 5.06. The first-order valence-electron chi connectivity index (χ1n) is 5.92. The number of benzene rings is 1. The van der Waals surface area contributed by atoms with Crippen molar-refractivity contribution in [3.05, 3.63) is 39.9 Å². The molecule has 1 N–H and O–H groups in total. The average molecular weight is 282 g/mol. The van der Waals surface area contributed by atoms with Crippen molar-refractivity contribution >= 4 is 23.4 Å². The highest BCUT2D eigenvalue weighted by Gasteiger charge is 2.15. The van der Waals surface area contributed by atoms with E-state index in [-0.39, 0.29) is 22.9 Å². The van der Waals surface area contributed by atoms with Gasteiger partial charge in [0.15, 0.2) is 0 Å². The van der Waals surface area contributed by atoms with Gasteiger partial charge in [0.1, 0.15) is 0 Å². The molecule has 0 saturated heterocycles. The van der Waals surface area contributed by atoms with Gasteiger partial charge in [-0.05, 0) is 0 Å². The van der Waals surface area contributed by atoms with Crippen LogP contribution in [0.1, 0.15) is 26.3 Å². The molecule has 0 saturated carbocycles. The van der Waals surface area contributed by atoms with Gasteiger partial charge in [-0.2, -0.15) is 0 Å². The van der Waals surface area contributed by atoms with E-state index in [9.17, 15) is 14.9 Å². The van der Waals surface area contributed by atoms with Crippen LogP contribution >= 0.6 is 11.8 Å². The molecule has 0 heterocycles. The van der Waals surface area contributed by atoms with E-state index in [1.807, 2.05) is 20.8 Å². The molecule has 0 aliphatic rings. The summed E-state index contributed by atoms with van der Waals surface area (Å²) in [6.07, 6.45) is 0. The van der Waals surface area contributed by atoms with Crippen LogP contribution in [0.3, 0.4) is 0 Å². The summed E-state index contributed by atoms with van der Waals surface area (Å²) in [5.41, 5.74) is 0.549. The molecule has 0 unspecified atom stereocenters. The zero-order valence-corrected chi connectivity index (χ0v) is 12.1. The van der Waals surface area contributed by atoms with Crippen molar-refractivity contribution in [1.82, 2.24) is 5.32 Å². The number of nitro benzene ring substituents is 1. The number of nitro groups is 1. The molecule has 0 spiro atoms. The maximum absolute atomic E-state index is 11.6. The Labute approximate surface area is 116 Å². The lowest BCUT2D eigenvalue weighted by Crippen LogP contribution is -2.26. The number of nitrogens with one attached hydrogen (secondary N) is 1. The second kappa shape index (κ2) is 6.56. The summed E-state index contributed by atoms with van der Waals surface area (Å²) in [6.45, 7) is 6.29. The van der Waals surface area contributed by atoms with Crippen LogP contribution in [0.25, 0.3) is 0 Å². The summed E-state index contributed by atoms with van der Waals surface area (Å²) in [5, 5.41) is 13.5. The predicted octanol–water partition coefficient (Wildman–Crippen LogP) is 2.74. The molecule has 6 heteroatoms. The maximum atomic E-state index is 11.6. The molecule has 5 nitrogen and oxygen atoms in total. The molecule has 0 radical (unpaired) electrons. The van der Waals surface area contributed by atoms with Crippen LogP contribution in [0.4, 0.5) is 5.69 Å². The van der Waals surface area contributed by atoms with Gasteiger partial charge in [-0.1, -0.05) is 39.0 Å². The molecule has 1 aromatic carbocycles. The van der Waals surface area contributed by atoms with Crippen LogP contribution in [-0.4, -0.2) is 21.3 Å². The third kappa shape index (κ3) is 5.74.